The maximum atomic E-state index is 13.0. The molecule has 0 spiro atoms. The number of carbonyl (C=O) groups is 1. The van der Waals surface area contributed by atoms with Crippen LogP contribution in [0.3, 0.4) is 0 Å². The van der Waals surface area contributed by atoms with Crippen LogP contribution in [-0.2, 0) is 6.42 Å². The molecule has 1 saturated heterocycles. The normalized spacial score (nSPS) is 14.9. The first kappa shape index (κ1) is 21.1. The van der Waals surface area contributed by atoms with E-state index in [-0.39, 0.29) is 18.3 Å². The highest BCUT2D eigenvalue weighted by Gasteiger charge is 2.26. The first-order valence-corrected chi connectivity index (χ1v) is 10.4. The largest absolute Gasteiger partial charge is 0.335 e. The van der Waals surface area contributed by atoms with Crippen molar-refractivity contribution in [2.45, 2.75) is 13.3 Å². The molecule has 1 aliphatic rings. The molecule has 0 bridgehead atoms. The molecule has 1 fully saturated rings. The summed E-state index contributed by atoms with van der Waals surface area (Å²) in [5.41, 5.74) is 2.30. The second kappa shape index (κ2) is 9.23. The quantitative estimate of drug-likeness (QED) is 0.596. The number of piperazine rings is 1. The van der Waals surface area contributed by atoms with E-state index in [2.05, 4.69) is 28.9 Å². The average Bonchev–Trinajstić information content (AvgIpc) is 3.02. The second-order valence-electron chi connectivity index (χ2n) is 6.95. The number of benzene rings is 1. The van der Waals surface area contributed by atoms with Gasteiger partial charge in [0.05, 0.1) is 5.02 Å². The first-order valence-electron chi connectivity index (χ1n) is 9.22. The number of aryl methyl sites for hydroxylation is 1. The van der Waals surface area contributed by atoms with Gasteiger partial charge in [-0.05, 0) is 30.7 Å². The van der Waals surface area contributed by atoms with Crippen LogP contribution in [0, 0.1) is 6.92 Å². The molecule has 28 heavy (non-hydrogen) atoms. The van der Waals surface area contributed by atoms with E-state index in [0.717, 1.165) is 54.9 Å². The van der Waals surface area contributed by atoms with Crippen LogP contribution in [0.15, 0.2) is 42.6 Å². The van der Waals surface area contributed by atoms with Gasteiger partial charge in [0.1, 0.15) is 4.88 Å². The number of nitrogens with zero attached hydrogens (tertiary/aromatic N) is 3. The summed E-state index contributed by atoms with van der Waals surface area (Å²) in [6.45, 7) is 6.29. The fraction of sp³-hybridized carbons (Fsp3) is 0.333. The summed E-state index contributed by atoms with van der Waals surface area (Å²) in [5.74, 6) is 0.0585. The molecule has 1 amide bonds. The molecule has 148 valence electrons. The van der Waals surface area contributed by atoms with E-state index in [1.54, 1.807) is 0 Å². The molecule has 4 rings (SSSR count). The van der Waals surface area contributed by atoms with Crippen molar-refractivity contribution in [3.8, 4) is 0 Å². The number of thiophene rings is 1. The lowest BCUT2D eigenvalue weighted by Gasteiger charge is -2.34. The molecule has 4 nitrogen and oxygen atoms in total. The van der Waals surface area contributed by atoms with Crippen molar-refractivity contribution in [1.82, 2.24) is 14.8 Å². The number of aromatic nitrogens is 1. The number of pyridine rings is 1. The minimum atomic E-state index is 0. The SMILES string of the molecule is Cc1ccc2c(Cl)c(C(=O)N3CCN(CCc4ccccn4)CC3)sc2c1.Cl. The van der Waals surface area contributed by atoms with Crippen LogP contribution in [0.2, 0.25) is 5.02 Å². The monoisotopic (exact) mass is 435 g/mol. The maximum Gasteiger partial charge on any atom is 0.265 e. The van der Waals surface area contributed by atoms with Crippen molar-refractivity contribution in [2.75, 3.05) is 32.7 Å². The average molecular weight is 436 g/mol. The van der Waals surface area contributed by atoms with Crippen LogP contribution in [0.4, 0.5) is 0 Å². The molecule has 0 saturated carbocycles. The first-order chi connectivity index (χ1) is 13.1. The van der Waals surface area contributed by atoms with Crippen LogP contribution in [0.1, 0.15) is 20.9 Å². The van der Waals surface area contributed by atoms with Crippen molar-refractivity contribution in [1.29, 1.82) is 0 Å². The molecule has 1 aliphatic heterocycles. The molecule has 0 unspecified atom stereocenters. The van der Waals surface area contributed by atoms with Crippen molar-refractivity contribution in [3.05, 3.63) is 63.8 Å². The Morgan fingerprint density at radius 3 is 2.68 bits per heavy atom. The lowest BCUT2D eigenvalue weighted by molar-refractivity contribution is 0.0643. The zero-order valence-corrected chi connectivity index (χ0v) is 18.1. The fourth-order valence-corrected chi connectivity index (χ4v) is 5.02. The van der Waals surface area contributed by atoms with Crippen molar-refractivity contribution >= 4 is 51.3 Å². The molecule has 0 atom stereocenters. The highest BCUT2D eigenvalue weighted by Crippen LogP contribution is 2.36. The summed E-state index contributed by atoms with van der Waals surface area (Å²) in [7, 11) is 0. The predicted molar refractivity (Wildman–Crippen MR) is 119 cm³/mol. The molecule has 3 heterocycles. The van der Waals surface area contributed by atoms with Crippen LogP contribution >= 0.6 is 35.3 Å². The fourth-order valence-electron chi connectivity index (χ4n) is 3.45. The van der Waals surface area contributed by atoms with Crippen molar-refractivity contribution in [3.63, 3.8) is 0 Å². The molecule has 0 aliphatic carbocycles. The van der Waals surface area contributed by atoms with E-state index < -0.39 is 0 Å². The minimum absolute atomic E-state index is 0. The smallest absolute Gasteiger partial charge is 0.265 e. The number of hydrogen-bond acceptors (Lipinski definition) is 4. The third kappa shape index (κ3) is 4.49. The van der Waals surface area contributed by atoms with Gasteiger partial charge in [0.25, 0.3) is 5.91 Å². The van der Waals surface area contributed by atoms with Crippen LogP contribution < -0.4 is 0 Å². The minimum Gasteiger partial charge on any atom is -0.335 e. The van der Waals surface area contributed by atoms with Gasteiger partial charge in [0, 0.05) is 61.1 Å². The van der Waals surface area contributed by atoms with Gasteiger partial charge in [0.2, 0.25) is 0 Å². The van der Waals surface area contributed by atoms with Gasteiger partial charge in [-0.3, -0.25) is 14.7 Å². The molecular weight excluding hydrogens is 413 g/mol. The Kier molecular flexibility index (Phi) is 6.94. The summed E-state index contributed by atoms with van der Waals surface area (Å²) in [6, 6.07) is 12.2. The summed E-state index contributed by atoms with van der Waals surface area (Å²) >= 11 is 8.02. The number of fused-ring (bicyclic) bond motifs is 1. The van der Waals surface area contributed by atoms with E-state index in [9.17, 15) is 4.79 Å². The van der Waals surface area contributed by atoms with E-state index in [1.807, 2.05) is 35.4 Å². The van der Waals surface area contributed by atoms with Crippen LogP contribution in [0.5, 0.6) is 0 Å². The Morgan fingerprint density at radius 1 is 1.18 bits per heavy atom. The van der Waals surface area contributed by atoms with E-state index in [1.165, 1.54) is 16.9 Å². The lowest BCUT2D eigenvalue weighted by Crippen LogP contribution is -2.49. The Hall–Kier alpha value is -1.66. The second-order valence-corrected chi connectivity index (χ2v) is 8.38. The van der Waals surface area contributed by atoms with Crippen LogP contribution in [0.25, 0.3) is 10.1 Å². The Bertz CT molecular complexity index is 953. The summed E-state index contributed by atoms with van der Waals surface area (Å²) < 4.78 is 1.08. The van der Waals surface area contributed by atoms with Crippen molar-refractivity contribution in [2.24, 2.45) is 0 Å². The molecule has 1 aromatic carbocycles. The van der Waals surface area contributed by atoms with E-state index in [0.29, 0.717) is 9.90 Å². The molecule has 3 aromatic rings. The number of carbonyl (C=O) groups excluding carboxylic acids is 1. The lowest BCUT2D eigenvalue weighted by atomic mass is 10.2. The van der Waals surface area contributed by atoms with Gasteiger partial charge < -0.3 is 4.90 Å². The molecule has 7 heteroatoms. The summed E-state index contributed by atoms with van der Waals surface area (Å²) in [6.07, 6.45) is 2.78. The number of amides is 1. The number of halogens is 2. The van der Waals surface area contributed by atoms with Crippen molar-refractivity contribution < 1.29 is 4.79 Å². The van der Waals surface area contributed by atoms with E-state index >= 15 is 0 Å². The highest BCUT2D eigenvalue weighted by atomic mass is 35.5. The highest BCUT2D eigenvalue weighted by molar-refractivity contribution is 7.21. The van der Waals surface area contributed by atoms with Gasteiger partial charge in [-0.15, -0.1) is 23.7 Å². The van der Waals surface area contributed by atoms with E-state index in [4.69, 9.17) is 11.6 Å². The Morgan fingerprint density at radius 2 is 1.96 bits per heavy atom. The predicted octanol–water partition coefficient (Wildman–Crippen LogP) is 4.68. The topological polar surface area (TPSA) is 36.4 Å². The Labute approximate surface area is 180 Å². The third-order valence-corrected chi connectivity index (χ3v) is 6.69. The van der Waals surface area contributed by atoms with Gasteiger partial charge in [-0.25, -0.2) is 0 Å². The maximum absolute atomic E-state index is 13.0. The molecule has 2 aromatic heterocycles. The molecule has 0 radical (unpaired) electrons. The van der Waals surface area contributed by atoms with Gasteiger partial charge >= 0.3 is 0 Å². The molecule has 0 N–H and O–H groups in total. The summed E-state index contributed by atoms with van der Waals surface area (Å²) in [5, 5.41) is 1.57. The van der Waals surface area contributed by atoms with Gasteiger partial charge in [-0.1, -0.05) is 29.8 Å². The zero-order chi connectivity index (χ0) is 18.8. The Balaban J connectivity index is 0.00000225. The number of hydrogen-bond donors (Lipinski definition) is 0. The van der Waals surface area contributed by atoms with Crippen LogP contribution in [-0.4, -0.2) is 53.4 Å². The third-order valence-electron chi connectivity index (χ3n) is 5.05. The zero-order valence-electron chi connectivity index (χ0n) is 15.7. The number of rotatable bonds is 4. The summed E-state index contributed by atoms with van der Waals surface area (Å²) in [4.78, 5) is 22.4. The molecular formula is C21H23Cl2N3OS. The van der Waals surface area contributed by atoms with Gasteiger partial charge in [0.15, 0.2) is 0 Å². The standard InChI is InChI=1S/C21H22ClN3OS.ClH/c1-15-5-6-17-18(14-15)27-20(19(17)22)21(26)25-12-10-24(11-13-25)9-7-16-4-2-3-8-23-16;/h2-6,8,14H,7,9-13H2,1H3;1H. The van der Waals surface area contributed by atoms with Gasteiger partial charge in [-0.2, -0.15) is 0 Å².